The molecule has 0 unspecified atom stereocenters. The van der Waals surface area contributed by atoms with Gasteiger partial charge < -0.3 is 20.3 Å². The zero-order valence-corrected chi connectivity index (χ0v) is 15.3. The fourth-order valence-corrected chi connectivity index (χ4v) is 2.78. The highest BCUT2D eigenvalue weighted by atomic mass is 16.5. The van der Waals surface area contributed by atoms with E-state index >= 15 is 0 Å². The number of nitrogens with zero attached hydrogens (tertiary/aromatic N) is 2. The topological polar surface area (TPSA) is 83.0 Å². The second kappa shape index (κ2) is 11.7. The SMILES string of the molecule is CCNC(=NCCCC(=O)OCC)N1CCC(CC(=O)NC)CC1. The number of guanidine groups is 1. The van der Waals surface area contributed by atoms with Crippen LogP contribution in [0.4, 0.5) is 0 Å². The molecule has 7 heteroatoms. The summed E-state index contributed by atoms with van der Waals surface area (Å²) in [6, 6.07) is 0. The Hall–Kier alpha value is -1.79. The predicted molar refractivity (Wildman–Crippen MR) is 94.8 cm³/mol. The van der Waals surface area contributed by atoms with E-state index in [0.29, 0.717) is 38.3 Å². The summed E-state index contributed by atoms with van der Waals surface area (Å²) in [5.74, 6) is 1.31. The van der Waals surface area contributed by atoms with Crippen LogP contribution in [0, 0.1) is 5.92 Å². The Labute approximate surface area is 145 Å². The molecule has 1 heterocycles. The second-order valence-electron chi connectivity index (χ2n) is 5.95. The number of nitrogens with one attached hydrogen (secondary N) is 2. The number of carbonyl (C=O) groups excluding carboxylic acids is 2. The van der Waals surface area contributed by atoms with Crippen LogP contribution in [-0.2, 0) is 14.3 Å². The lowest BCUT2D eigenvalue weighted by molar-refractivity contribution is -0.143. The van der Waals surface area contributed by atoms with Crippen molar-refractivity contribution in [1.29, 1.82) is 0 Å². The standard InChI is InChI=1S/C17H32N4O3/c1-4-19-17(20-10-6-7-16(23)24-5-2)21-11-8-14(9-12-21)13-15(22)18-3/h14H,4-13H2,1-3H3,(H,18,22)(H,19,20). The zero-order valence-electron chi connectivity index (χ0n) is 15.3. The first-order valence-electron chi connectivity index (χ1n) is 9.00. The molecule has 1 saturated heterocycles. The van der Waals surface area contributed by atoms with E-state index in [1.165, 1.54) is 0 Å². The fraction of sp³-hybridized carbons (Fsp3) is 0.824. The molecule has 0 aliphatic carbocycles. The molecule has 0 aromatic heterocycles. The van der Waals surface area contributed by atoms with Gasteiger partial charge in [0.05, 0.1) is 6.61 Å². The van der Waals surface area contributed by atoms with Gasteiger partial charge in [-0.3, -0.25) is 14.6 Å². The Morgan fingerprint density at radius 3 is 2.54 bits per heavy atom. The Bertz CT molecular complexity index is 418. The van der Waals surface area contributed by atoms with E-state index in [9.17, 15) is 9.59 Å². The first kappa shape index (κ1) is 20.3. The van der Waals surface area contributed by atoms with Crippen molar-refractivity contribution in [1.82, 2.24) is 15.5 Å². The fourth-order valence-electron chi connectivity index (χ4n) is 2.78. The second-order valence-corrected chi connectivity index (χ2v) is 5.95. The number of piperidine rings is 1. The molecule has 0 radical (unpaired) electrons. The number of likely N-dealkylation sites (tertiary alicyclic amines) is 1. The van der Waals surface area contributed by atoms with Gasteiger partial charge in [0.25, 0.3) is 0 Å². The van der Waals surface area contributed by atoms with Crippen molar-refractivity contribution < 1.29 is 14.3 Å². The van der Waals surface area contributed by atoms with Crippen molar-refractivity contribution >= 4 is 17.8 Å². The number of hydrogen-bond donors (Lipinski definition) is 2. The van der Waals surface area contributed by atoms with Gasteiger partial charge in [0, 0.05) is 46.1 Å². The third-order valence-electron chi connectivity index (χ3n) is 4.11. The smallest absolute Gasteiger partial charge is 0.305 e. The average Bonchev–Trinajstić information content (AvgIpc) is 2.58. The highest BCUT2D eigenvalue weighted by molar-refractivity contribution is 5.80. The van der Waals surface area contributed by atoms with Crippen LogP contribution in [0.2, 0.25) is 0 Å². The summed E-state index contributed by atoms with van der Waals surface area (Å²) >= 11 is 0. The molecule has 0 spiro atoms. The van der Waals surface area contributed by atoms with Gasteiger partial charge in [-0.25, -0.2) is 0 Å². The lowest BCUT2D eigenvalue weighted by Crippen LogP contribution is -2.46. The van der Waals surface area contributed by atoms with E-state index in [2.05, 4.69) is 20.5 Å². The molecule has 1 rings (SSSR count). The molecule has 1 aliphatic heterocycles. The summed E-state index contributed by atoms with van der Waals surface area (Å²) in [5.41, 5.74) is 0. The maximum Gasteiger partial charge on any atom is 0.305 e. The van der Waals surface area contributed by atoms with Gasteiger partial charge in [0.15, 0.2) is 5.96 Å². The molecule has 138 valence electrons. The maximum atomic E-state index is 11.5. The number of ether oxygens (including phenoxy) is 1. The van der Waals surface area contributed by atoms with Crippen molar-refractivity contribution in [2.75, 3.05) is 39.8 Å². The highest BCUT2D eigenvalue weighted by Gasteiger charge is 2.22. The van der Waals surface area contributed by atoms with Gasteiger partial charge in [-0.1, -0.05) is 0 Å². The van der Waals surface area contributed by atoms with Crippen LogP contribution in [-0.4, -0.2) is 62.6 Å². The van der Waals surface area contributed by atoms with Gasteiger partial charge in [0.1, 0.15) is 0 Å². The Kier molecular flexibility index (Phi) is 9.88. The van der Waals surface area contributed by atoms with E-state index in [0.717, 1.165) is 38.4 Å². The van der Waals surface area contributed by atoms with Gasteiger partial charge in [-0.2, -0.15) is 0 Å². The summed E-state index contributed by atoms with van der Waals surface area (Å²) in [5, 5.41) is 6.01. The largest absolute Gasteiger partial charge is 0.466 e. The van der Waals surface area contributed by atoms with Gasteiger partial charge in [0.2, 0.25) is 5.91 Å². The average molecular weight is 340 g/mol. The summed E-state index contributed by atoms with van der Waals surface area (Å²) in [7, 11) is 1.68. The van der Waals surface area contributed by atoms with Crippen LogP contribution < -0.4 is 10.6 Å². The minimum atomic E-state index is -0.160. The van der Waals surface area contributed by atoms with Crippen molar-refractivity contribution in [2.45, 2.75) is 46.0 Å². The quantitative estimate of drug-likeness (QED) is 0.300. The number of hydrogen-bond acceptors (Lipinski definition) is 4. The number of carbonyl (C=O) groups is 2. The summed E-state index contributed by atoms with van der Waals surface area (Å²) in [6.45, 7) is 7.53. The minimum absolute atomic E-state index is 0.119. The lowest BCUT2D eigenvalue weighted by atomic mass is 9.93. The molecule has 0 aromatic rings. The summed E-state index contributed by atoms with van der Waals surface area (Å²) in [4.78, 5) is 29.7. The van der Waals surface area contributed by atoms with Crippen LogP contribution in [0.3, 0.4) is 0 Å². The molecular formula is C17H32N4O3. The molecule has 0 aromatic carbocycles. The van der Waals surface area contributed by atoms with E-state index in [1.54, 1.807) is 7.05 Å². The molecule has 1 fully saturated rings. The Morgan fingerprint density at radius 2 is 1.96 bits per heavy atom. The monoisotopic (exact) mass is 340 g/mol. The predicted octanol–water partition coefficient (Wildman–Crippen LogP) is 1.14. The van der Waals surface area contributed by atoms with E-state index in [4.69, 9.17) is 4.74 Å². The Balaban J connectivity index is 2.40. The highest BCUT2D eigenvalue weighted by Crippen LogP contribution is 2.20. The van der Waals surface area contributed by atoms with E-state index in [-0.39, 0.29) is 11.9 Å². The van der Waals surface area contributed by atoms with E-state index < -0.39 is 0 Å². The number of amides is 1. The first-order chi connectivity index (χ1) is 11.6. The van der Waals surface area contributed by atoms with E-state index in [1.807, 2.05) is 13.8 Å². The molecule has 24 heavy (non-hydrogen) atoms. The van der Waals surface area contributed by atoms with Gasteiger partial charge >= 0.3 is 5.97 Å². The third-order valence-corrected chi connectivity index (χ3v) is 4.11. The number of esters is 1. The molecule has 7 nitrogen and oxygen atoms in total. The number of rotatable bonds is 8. The molecular weight excluding hydrogens is 308 g/mol. The minimum Gasteiger partial charge on any atom is -0.466 e. The molecule has 0 saturated carbocycles. The Morgan fingerprint density at radius 1 is 1.25 bits per heavy atom. The molecule has 1 aliphatic rings. The van der Waals surface area contributed by atoms with Crippen molar-refractivity contribution in [3.05, 3.63) is 0 Å². The van der Waals surface area contributed by atoms with Crippen molar-refractivity contribution in [2.24, 2.45) is 10.9 Å². The molecule has 2 N–H and O–H groups in total. The van der Waals surface area contributed by atoms with Gasteiger partial charge in [-0.15, -0.1) is 0 Å². The molecule has 0 atom stereocenters. The molecule has 0 bridgehead atoms. The first-order valence-corrected chi connectivity index (χ1v) is 9.00. The van der Waals surface area contributed by atoms with Crippen LogP contribution in [0.5, 0.6) is 0 Å². The zero-order chi connectivity index (χ0) is 17.8. The third kappa shape index (κ3) is 7.66. The maximum absolute atomic E-state index is 11.5. The normalized spacial score (nSPS) is 16.0. The van der Waals surface area contributed by atoms with Crippen LogP contribution in [0.25, 0.3) is 0 Å². The van der Waals surface area contributed by atoms with Crippen LogP contribution in [0.15, 0.2) is 4.99 Å². The van der Waals surface area contributed by atoms with Crippen LogP contribution >= 0.6 is 0 Å². The van der Waals surface area contributed by atoms with Crippen molar-refractivity contribution in [3.8, 4) is 0 Å². The van der Waals surface area contributed by atoms with Gasteiger partial charge in [-0.05, 0) is 39.0 Å². The number of aliphatic imine (C=N–C) groups is 1. The van der Waals surface area contributed by atoms with Crippen LogP contribution in [0.1, 0.15) is 46.0 Å². The van der Waals surface area contributed by atoms with Crippen molar-refractivity contribution in [3.63, 3.8) is 0 Å². The lowest BCUT2D eigenvalue weighted by Gasteiger charge is -2.34. The summed E-state index contributed by atoms with van der Waals surface area (Å²) < 4.78 is 4.92. The molecule has 1 amide bonds. The summed E-state index contributed by atoms with van der Waals surface area (Å²) in [6.07, 6.45) is 3.71.